The van der Waals surface area contributed by atoms with Crippen LogP contribution in [-0.4, -0.2) is 23.8 Å². The normalized spacial score (nSPS) is 13.2. The Morgan fingerprint density at radius 3 is 2.12 bits per heavy atom. The van der Waals surface area contributed by atoms with E-state index >= 15 is 0 Å². The predicted molar refractivity (Wildman–Crippen MR) is 51.9 cm³/mol. The summed E-state index contributed by atoms with van der Waals surface area (Å²) < 4.78 is 46.9. The molecule has 0 aromatic heterocycles. The topological polar surface area (TPSA) is 78.7 Å². The molecule has 9 heteroatoms. The van der Waals surface area contributed by atoms with Crippen LogP contribution in [0.5, 0.6) is 0 Å². The first kappa shape index (κ1) is 15.2. The van der Waals surface area contributed by atoms with Gasteiger partial charge in [-0.05, 0) is 13.8 Å². The predicted octanol–water partition coefficient (Wildman–Crippen LogP) is 2.64. The Morgan fingerprint density at radius 2 is 1.81 bits per heavy atom. The van der Waals surface area contributed by atoms with Crippen LogP contribution in [0.25, 0.3) is 0 Å². The minimum atomic E-state index is -4.70. The Balaban J connectivity index is 5.03. The van der Waals surface area contributed by atoms with E-state index in [-0.39, 0.29) is 25.5 Å². The first-order chi connectivity index (χ1) is 7.29. The molecule has 0 spiro atoms. The molecule has 0 saturated carbocycles. The molecule has 0 unspecified atom stereocenters. The molecule has 6 nitrogen and oxygen atoms in total. The van der Waals surface area contributed by atoms with Gasteiger partial charge in [-0.3, -0.25) is 14.7 Å². The van der Waals surface area contributed by atoms with E-state index in [9.17, 15) is 23.5 Å². The monoisotopic (exact) mass is 259 g/mol. The molecule has 0 amide bonds. The Bertz CT molecular complexity index is 310. The van der Waals surface area contributed by atoms with E-state index in [0.717, 1.165) is 0 Å². The SMILES string of the molecule is CCOP(=O)(OCC)C(F)(F)/C=C/[N+](=O)[O-]. The molecule has 0 fully saturated rings. The maximum absolute atomic E-state index is 13.3. The third-order valence-corrected chi connectivity index (χ3v) is 3.44. The number of allylic oxidation sites excluding steroid dienone is 1. The van der Waals surface area contributed by atoms with Crippen LogP contribution in [0.2, 0.25) is 0 Å². The number of nitro groups is 1. The van der Waals surface area contributed by atoms with Crippen molar-refractivity contribution >= 4 is 7.60 Å². The highest BCUT2D eigenvalue weighted by atomic mass is 31.2. The van der Waals surface area contributed by atoms with Gasteiger partial charge in [0, 0.05) is 0 Å². The smallest absolute Gasteiger partial charge is 0.304 e. The third kappa shape index (κ3) is 3.96. The molecule has 0 rings (SSSR count). The molecule has 0 aliphatic rings. The number of nitrogens with zero attached hydrogens (tertiary/aromatic N) is 1. The summed E-state index contributed by atoms with van der Waals surface area (Å²) in [5, 5.41) is 9.90. The van der Waals surface area contributed by atoms with Crippen molar-refractivity contribution in [1.29, 1.82) is 0 Å². The standard InChI is InChI=1S/C7H12F2NO5P/c1-3-14-16(13,15-4-2)7(8,9)5-6-10(11)12/h5-6H,3-4H2,1-2H3/b6-5+. The minimum Gasteiger partial charge on any atom is -0.304 e. The molecule has 0 aliphatic heterocycles. The van der Waals surface area contributed by atoms with Crippen LogP contribution in [0, 0.1) is 10.1 Å². The van der Waals surface area contributed by atoms with E-state index in [2.05, 4.69) is 9.05 Å². The van der Waals surface area contributed by atoms with Crippen LogP contribution in [0.1, 0.15) is 13.8 Å². The second kappa shape index (κ2) is 6.03. The van der Waals surface area contributed by atoms with Gasteiger partial charge in [-0.15, -0.1) is 0 Å². The molecule has 0 heterocycles. The molecular weight excluding hydrogens is 247 g/mol. The van der Waals surface area contributed by atoms with Gasteiger partial charge in [0.2, 0.25) is 6.20 Å². The van der Waals surface area contributed by atoms with Gasteiger partial charge in [0.05, 0.1) is 24.2 Å². The highest BCUT2D eigenvalue weighted by Crippen LogP contribution is 2.62. The average Bonchev–Trinajstić information content (AvgIpc) is 2.15. The lowest BCUT2D eigenvalue weighted by Gasteiger charge is -2.22. The summed E-state index contributed by atoms with van der Waals surface area (Å²) in [7, 11) is -4.70. The summed E-state index contributed by atoms with van der Waals surface area (Å²) in [6.45, 7) is 2.22. The average molecular weight is 259 g/mol. The van der Waals surface area contributed by atoms with Crippen molar-refractivity contribution in [3.63, 3.8) is 0 Å². The van der Waals surface area contributed by atoms with E-state index in [1.807, 2.05) is 0 Å². The molecular formula is C7H12F2NO5P. The molecule has 0 aromatic carbocycles. The van der Waals surface area contributed by atoms with Crippen molar-refractivity contribution in [2.45, 2.75) is 19.5 Å². The van der Waals surface area contributed by atoms with Crippen molar-refractivity contribution in [1.82, 2.24) is 0 Å². The van der Waals surface area contributed by atoms with Gasteiger partial charge in [0.25, 0.3) is 0 Å². The van der Waals surface area contributed by atoms with Crippen LogP contribution in [0.15, 0.2) is 12.3 Å². The molecule has 0 radical (unpaired) electrons. The lowest BCUT2D eigenvalue weighted by molar-refractivity contribution is -0.403. The van der Waals surface area contributed by atoms with Gasteiger partial charge in [-0.1, -0.05) is 0 Å². The van der Waals surface area contributed by atoms with Gasteiger partial charge in [0.15, 0.2) is 0 Å². The highest BCUT2D eigenvalue weighted by Gasteiger charge is 2.52. The largest absolute Gasteiger partial charge is 0.404 e. The zero-order valence-electron chi connectivity index (χ0n) is 8.76. The zero-order valence-corrected chi connectivity index (χ0v) is 9.65. The van der Waals surface area contributed by atoms with Gasteiger partial charge in [0.1, 0.15) is 0 Å². The molecule has 0 atom stereocenters. The Hall–Kier alpha value is -0.850. The number of hydrogen-bond acceptors (Lipinski definition) is 5. The lowest BCUT2D eigenvalue weighted by Crippen LogP contribution is -2.18. The number of alkyl halides is 2. The van der Waals surface area contributed by atoms with Gasteiger partial charge in [-0.25, -0.2) is 0 Å². The number of halogens is 2. The summed E-state index contributed by atoms with van der Waals surface area (Å²) in [6.07, 6.45) is -0.0935. The van der Waals surface area contributed by atoms with E-state index in [4.69, 9.17) is 0 Å². The number of rotatable bonds is 7. The quantitative estimate of drug-likeness (QED) is 0.399. The van der Waals surface area contributed by atoms with E-state index in [0.29, 0.717) is 0 Å². The lowest BCUT2D eigenvalue weighted by atomic mass is 10.6. The van der Waals surface area contributed by atoms with Gasteiger partial charge >= 0.3 is 13.3 Å². The summed E-state index contributed by atoms with van der Waals surface area (Å²) in [6, 6.07) is 0. The zero-order chi connectivity index (χ0) is 12.8. The molecule has 0 saturated heterocycles. The maximum atomic E-state index is 13.3. The Kier molecular flexibility index (Phi) is 5.71. The molecule has 94 valence electrons. The molecule has 0 aromatic rings. The molecule has 0 N–H and O–H groups in total. The van der Waals surface area contributed by atoms with Crippen LogP contribution < -0.4 is 0 Å². The summed E-state index contributed by atoms with van der Waals surface area (Å²) in [4.78, 5) is 8.82. The summed E-state index contributed by atoms with van der Waals surface area (Å²) in [5.41, 5.74) is -4.02. The third-order valence-electron chi connectivity index (χ3n) is 1.36. The van der Waals surface area contributed by atoms with Crippen molar-refractivity contribution in [2.24, 2.45) is 0 Å². The van der Waals surface area contributed by atoms with Gasteiger partial charge in [-0.2, -0.15) is 8.78 Å². The van der Waals surface area contributed by atoms with Crippen molar-refractivity contribution in [3.8, 4) is 0 Å². The summed E-state index contributed by atoms with van der Waals surface area (Å²) in [5.74, 6) is 0. The van der Waals surface area contributed by atoms with Crippen LogP contribution >= 0.6 is 7.60 Å². The van der Waals surface area contributed by atoms with Crippen molar-refractivity contribution in [2.75, 3.05) is 13.2 Å². The van der Waals surface area contributed by atoms with Gasteiger partial charge < -0.3 is 9.05 Å². The Morgan fingerprint density at radius 1 is 1.38 bits per heavy atom. The second-order valence-corrected chi connectivity index (χ2v) is 4.63. The van der Waals surface area contributed by atoms with Crippen molar-refractivity contribution in [3.05, 3.63) is 22.4 Å². The Labute approximate surface area is 90.9 Å². The van der Waals surface area contributed by atoms with Crippen LogP contribution in [0.4, 0.5) is 8.78 Å². The number of hydrogen-bond donors (Lipinski definition) is 0. The fraction of sp³-hybridized carbons (Fsp3) is 0.714. The van der Waals surface area contributed by atoms with Crippen molar-refractivity contribution < 1.29 is 27.3 Å². The highest BCUT2D eigenvalue weighted by molar-refractivity contribution is 7.55. The maximum Gasteiger partial charge on any atom is 0.404 e. The fourth-order valence-electron chi connectivity index (χ4n) is 0.791. The van der Waals surface area contributed by atoms with Crippen LogP contribution in [-0.2, 0) is 13.6 Å². The minimum absolute atomic E-state index is 0.00465. The first-order valence-corrected chi connectivity index (χ1v) is 5.93. The fourth-order valence-corrected chi connectivity index (χ4v) is 2.14. The molecule has 16 heavy (non-hydrogen) atoms. The first-order valence-electron chi connectivity index (χ1n) is 4.39. The second-order valence-electron chi connectivity index (χ2n) is 2.52. The molecule has 0 aliphatic carbocycles. The van der Waals surface area contributed by atoms with E-state index in [1.54, 1.807) is 0 Å². The molecule has 0 bridgehead atoms. The van der Waals surface area contributed by atoms with E-state index < -0.39 is 18.2 Å². The van der Waals surface area contributed by atoms with Crippen LogP contribution in [0.3, 0.4) is 0 Å². The summed E-state index contributed by atoms with van der Waals surface area (Å²) >= 11 is 0. The van der Waals surface area contributed by atoms with E-state index in [1.165, 1.54) is 13.8 Å².